The van der Waals surface area contributed by atoms with Gasteiger partial charge in [-0.1, -0.05) is 12.1 Å². The van der Waals surface area contributed by atoms with E-state index in [0.717, 1.165) is 0 Å². The van der Waals surface area contributed by atoms with Crippen molar-refractivity contribution in [3.05, 3.63) is 35.1 Å². The number of rotatable bonds is 2. The van der Waals surface area contributed by atoms with Crippen LogP contribution in [0.25, 0.3) is 0 Å². The number of nitrogens with zero attached hydrogens (tertiary/aromatic N) is 1. The third-order valence-electron chi connectivity index (χ3n) is 2.33. The first kappa shape index (κ1) is 11.4. The van der Waals surface area contributed by atoms with E-state index in [1.807, 2.05) is 6.07 Å². The Morgan fingerprint density at radius 1 is 1.47 bits per heavy atom. The highest BCUT2D eigenvalue weighted by atomic mass is 19.1. The molecule has 3 heteroatoms. The predicted molar refractivity (Wildman–Crippen MR) is 55.0 cm³/mol. The van der Waals surface area contributed by atoms with Gasteiger partial charge in [0.15, 0.2) is 5.78 Å². The minimum Gasteiger partial charge on any atom is -0.295 e. The van der Waals surface area contributed by atoms with Gasteiger partial charge in [0.05, 0.1) is 11.5 Å². The standard InChI is InChI=1S/C12H12FNO/c1-8(15)9-4-5-10(11(13)6-9)12(2,3)7-14/h4-6H,1-3H3. The Hall–Kier alpha value is -1.69. The number of nitriles is 1. The van der Waals surface area contributed by atoms with Crippen molar-refractivity contribution in [2.45, 2.75) is 26.2 Å². The zero-order valence-electron chi connectivity index (χ0n) is 8.97. The molecule has 0 aromatic heterocycles. The van der Waals surface area contributed by atoms with Crippen molar-refractivity contribution >= 4 is 5.78 Å². The van der Waals surface area contributed by atoms with Crippen LogP contribution in [0.5, 0.6) is 0 Å². The summed E-state index contributed by atoms with van der Waals surface area (Å²) in [5.41, 5.74) is -0.237. The number of carbonyl (C=O) groups is 1. The lowest BCUT2D eigenvalue weighted by Crippen LogP contribution is -2.16. The second-order valence-electron chi connectivity index (χ2n) is 3.99. The maximum absolute atomic E-state index is 13.6. The SMILES string of the molecule is CC(=O)c1ccc(C(C)(C)C#N)c(F)c1. The number of hydrogen-bond donors (Lipinski definition) is 0. The van der Waals surface area contributed by atoms with Crippen molar-refractivity contribution in [1.29, 1.82) is 5.26 Å². The van der Waals surface area contributed by atoms with Crippen LogP contribution < -0.4 is 0 Å². The van der Waals surface area contributed by atoms with Crippen LogP contribution in [-0.2, 0) is 5.41 Å². The van der Waals surface area contributed by atoms with E-state index in [4.69, 9.17) is 5.26 Å². The van der Waals surface area contributed by atoms with E-state index in [1.54, 1.807) is 19.9 Å². The monoisotopic (exact) mass is 205 g/mol. The van der Waals surface area contributed by atoms with E-state index in [1.165, 1.54) is 19.1 Å². The molecule has 0 N–H and O–H groups in total. The van der Waals surface area contributed by atoms with Gasteiger partial charge >= 0.3 is 0 Å². The molecule has 0 amide bonds. The first-order valence-electron chi connectivity index (χ1n) is 4.60. The molecule has 78 valence electrons. The first-order chi connectivity index (χ1) is 6.88. The average Bonchev–Trinajstić information content (AvgIpc) is 2.17. The molecule has 15 heavy (non-hydrogen) atoms. The molecule has 0 saturated carbocycles. The van der Waals surface area contributed by atoms with Crippen LogP contribution in [-0.4, -0.2) is 5.78 Å². The Labute approximate surface area is 88.3 Å². The van der Waals surface area contributed by atoms with Gasteiger partial charge in [-0.2, -0.15) is 5.26 Å². The second-order valence-corrected chi connectivity index (χ2v) is 3.99. The largest absolute Gasteiger partial charge is 0.295 e. The summed E-state index contributed by atoms with van der Waals surface area (Å²) in [5, 5.41) is 8.87. The molecule has 0 heterocycles. The minimum atomic E-state index is -0.876. The number of Topliss-reactive ketones (excluding diaryl/α,β-unsaturated/α-hetero) is 1. The van der Waals surface area contributed by atoms with Gasteiger partial charge < -0.3 is 0 Å². The zero-order chi connectivity index (χ0) is 11.6. The van der Waals surface area contributed by atoms with E-state index in [0.29, 0.717) is 11.1 Å². The molecule has 1 rings (SSSR count). The smallest absolute Gasteiger partial charge is 0.159 e. The van der Waals surface area contributed by atoms with Gasteiger partial charge in [0.2, 0.25) is 0 Å². The summed E-state index contributed by atoms with van der Waals surface area (Å²) < 4.78 is 13.6. The van der Waals surface area contributed by atoms with Gasteiger partial charge in [-0.05, 0) is 26.8 Å². The summed E-state index contributed by atoms with van der Waals surface area (Å²) in [6, 6.07) is 6.24. The third kappa shape index (κ3) is 2.21. The molecule has 1 aromatic carbocycles. The highest BCUT2D eigenvalue weighted by molar-refractivity contribution is 5.94. The van der Waals surface area contributed by atoms with Crippen molar-refractivity contribution in [3.63, 3.8) is 0 Å². The average molecular weight is 205 g/mol. The highest BCUT2D eigenvalue weighted by Crippen LogP contribution is 2.25. The fourth-order valence-corrected chi connectivity index (χ4v) is 1.30. The molecule has 0 aliphatic heterocycles. The lowest BCUT2D eigenvalue weighted by molar-refractivity contribution is 0.101. The van der Waals surface area contributed by atoms with Crippen LogP contribution in [0.4, 0.5) is 4.39 Å². The molecular weight excluding hydrogens is 193 g/mol. The zero-order valence-corrected chi connectivity index (χ0v) is 8.97. The quantitative estimate of drug-likeness (QED) is 0.696. The minimum absolute atomic E-state index is 0.185. The first-order valence-corrected chi connectivity index (χ1v) is 4.60. The molecule has 0 fully saturated rings. The van der Waals surface area contributed by atoms with E-state index >= 15 is 0 Å². The molecule has 0 unspecified atom stereocenters. The number of halogens is 1. The van der Waals surface area contributed by atoms with Gasteiger partial charge in [0, 0.05) is 11.1 Å². The maximum atomic E-state index is 13.6. The Bertz CT molecular complexity index is 443. The van der Waals surface area contributed by atoms with E-state index < -0.39 is 11.2 Å². The molecule has 2 nitrogen and oxygen atoms in total. The van der Waals surface area contributed by atoms with Crippen molar-refractivity contribution in [1.82, 2.24) is 0 Å². The van der Waals surface area contributed by atoms with Crippen molar-refractivity contribution < 1.29 is 9.18 Å². The van der Waals surface area contributed by atoms with Gasteiger partial charge in [-0.15, -0.1) is 0 Å². The summed E-state index contributed by atoms with van der Waals surface area (Å²) in [4.78, 5) is 11.0. The molecule has 0 aliphatic carbocycles. The number of ketones is 1. The molecule has 1 aromatic rings. The summed E-state index contributed by atoms with van der Waals surface area (Å²) >= 11 is 0. The Morgan fingerprint density at radius 2 is 2.07 bits per heavy atom. The Balaban J connectivity index is 3.27. The summed E-state index contributed by atoms with van der Waals surface area (Å²) in [6.07, 6.45) is 0. The van der Waals surface area contributed by atoms with Crippen molar-refractivity contribution in [2.24, 2.45) is 0 Å². The van der Waals surface area contributed by atoms with Crippen LogP contribution in [0.2, 0.25) is 0 Å². The lowest BCUT2D eigenvalue weighted by Gasteiger charge is -2.16. The fourth-order valence-electron chi connectivity index (χ4n) is 1.30. The maximum Gasteiger partial charge on any atom is 0.159 e. The van der Waals surface area contributed by atoms with Crippen LogP contribution >= 0.6 is 0 Å². The molecule has 0 saturated heterocycles. The van der Waals surface area contributed by atoms with Crippen LogP contribution in [0, 0.1) is 17.1 Å². The number of benzene rings is 1. The third-order valence-corrected chi connectivity index (χ3v) is 2.33. The number of carbonyl (C=O) groups excluding carboxylic acids is 1. The van der Waals surface area contributed by atoms with Gasteiger partial charge in [-0.3, -0.25) is 4.79 Å². The Morgan fingerprint density at radius 3 is 2.47 bits per heavy atom. The molecule has 0 radical (unpaired) electrons. The van der Waals surface area contributed by atoms with E-state index in [-0.39, 0.29) is 5.78 Å². The fraction of sp³-hybridized carbons (Fsp3) is 0.333. The van der Waals surface area contributed by atoms with Crippen LogP contribution in [0.3, 0.4) is 0 Å². The summed E-state index contributed by atoms with van der Waals surface area (Å²) in [5.74, 6) is -0.690. The van der Waals surface area contributed by atoms with Crippen LogP contribution in [0.15, 0.2) is 18.2 Å². The normalized spacial score (nSPS) is 10.9. The van der Waals surface area contributed by atoms with Crippen molar-refractivity contribution in [2.75, 3.05) is 0 Å². The highest BCUT2D eigenvalue weighted by Gasteiger charge is 2.23. The lowest BCUT2D eigenvalue weighted by atomic mass is 9.85. The van der Waals surface area contributed by atoms with Gasteiger partial charge in [0.25, 0.3) is 0 Å². The Kier molecular flexibility index (Phi) is 2.90. The molecule has 0 aliphatic rings. The van der Waals surface area contributed by atoms with Crippen molar-refractivity contribution in [3.8, 4) is 6.07 Å². The molecule has 0 spiro atoms. The number of hydrogen-bond acceptors (Lipinski definition) is 2. The second kappa shape index (κ2) is 3.82. The van der Waals surface area contributed by atoms with Gasteiger partial charge in [-0.25, -0.2) is 4.39 Å². The van der Waals surface area contributed by atoms with E-state index in [2.05, 4.69) is 0 Å². The predicted octanol–water partition coefficient (Wildman–Crippen LogP) is 2.83. The molecule has 0 bridgehead atoms. The topological polar surface area (TPSA) is 40.9 Å². The van der Waals surface area contributed by atoms with E-state index in [9.17, 15) is 9.18 Å². The summed E-state index contributed by atoms with van der Waals surface area (Å²) in [6.45, 7) is 4.65. The molecule has 0 atom stereocenters. The molecular formula is C12H12FNO. The van der Waals surface area contributed by atoms with Crippen LogP contribution in [0.1, 0.15) is 36.7 Å². The summed E-state index contributed by atoms with van der Waals surface area (Å²) in [7, 11) is 0. The van der Waals surface area contributed by atoms with Gasteiger partial charge in [0.1, 0.15) is 5.82 Å².